The van der Waals surface area contributed by atoms with Crippen LogP contribution in [0.1, 0.15) is 38.5 Å². The van der Waals surface area contributed by atoms with Crippen LogP contribution in [0.5, 0.6) is 0 Å². The third-order valence-corrected chi connectivity index (χ3v) is 3.90. The SMILES string of the molecule is O=c1[nH]ncc(NCCNC2CCCCCC2)c1Cl. The van der Waals surface area contributed by atoms with Crippen molar-refractivity contribution in [3.63, 3.8) is 0 Å². The summed E-state index contributed by atoms with van der Waals surface area (Å²) in [6.45, 7) is 1.61. The van der Waals surface area contributed by atoms with E-state index in [9.17, 15) is 4.79 Å². The van der Waals surface area contributed by atoms with Crippen molar-refractivity contribution in [2.24, 2.45) is 0 Å². The number of aromatic amines is 1. The largest absolute Gasteiger partial charge is 0.381 e. The molecule has 1 aliphatic carbocycles. The summed E-state index contributed by atoms with van der Waals surface area (Å²) in [6, 6.07) is 0.636. The summed E-state index contributed by atoms with van der Waals surface area (Å²) in [6.07, 6.45) is 9.47. The van der Waals surface area contributed by atoms with Gasteiger partial charge in [0.05, 0.1) is 11.9 Å². The van der Waals surface area contributed by atoms with Crippen molar-refractivity contribution in [1.82, 2.24) is 15.5 Å². The molecule has 0 aromatic carbocycles. The van der Waals surface area contributed by atoms with Crippen LogP contribution in [0.3, 0.4) is 0 Å². The number of rotatable bonds is 5. The van der Waals surface area contributed by atoms with Gasteiger partial charge in [-0.25, -0.2) is 5.10 Å². The van der Waals surface area contributed by atoms with Crippen LogP contribution in [-0.2, 0) is 0 Å². The number of hydrogen-bond donors (Lipinski definition) is 3. The van der Waals surface area contributed by atoms with E-state index in [0.29, 0.717) is 11.7 Å². The van der Waals surface area contributed by atoms with Crippen molar-refractivity contribution in [3.05, 3.63) is 21.6 Å². The normalized spacial score (nSPS) is 17.1. The second-order valence-corrected chi connectivity index (χ2v) is 5.37. The van der Waals surface area contributed by atoms with Crippen LogP contribution >= 0.6 is 11.6 Å². The monoisotopic (exact) mass is 284 g/mol. The minimum atomic E-state index is -0.358. The maximum atomic E-state index is 11.3. The van der Waals surface area contributed by atoms with E-state index in [0.717, 1.165) is 13.1 Å². The highest BCUT2D eigenvalue weighted by molar-refractivity contribution is 6.32. The van der Waals surface area contributed by atoms with Gasteiger partial charge >= 0.3 is 0 Å². The van der Waals surface area contributed by atoms with E-state index in [-0.39, 0.29) is 10.6 Å². The zero-order valence-electron chi connectivity index (χ0n) is 11.0. The Hall–Kier alpha value is -1.07. The lowest BCUT2D eigenvalue weighted by Gasteiger charge is -2.16. The lowest BCUT2D eigenvalue weighted by molar-refractivity contribution is 0.468. The highest BCUT2D eigenvalue weighted by Crippen LogP contribution is 2.17. The Morgan fingerprint density at radius 3 is 2.74 bits per heavy atom. The minimum Gasteiger partial charge on any atom is -0.381 e. The van der Waals surface area contributed by atoms with Crippen LogP contribution in [0, 0.1) is 0 Å². The number of nitrogens with zero attached hydrogens (tertiary/aromatic N) is 1. The van der Waals surface area contributed by atoms with Crippen LogP contribution in [-0.4, -0.2) is 29.3 Å². The van der Waals surface area contributed by atoms with Crippen molar-refractivity contribution >= 4 is 17.3 Å². The molecule has 0 saturated heterocycles. The van der Waals surface area contributed by atoms with Gasteiger partial charge in [-0.3, -0.25) is 4.79 Å². The molecule has 0 unspecified atom stereocenters. The lowest BCUT2D eigenvalue weighted by Crippen LogP contribution is -2.32. The summed E-state index contributed by atoms with van der Waals surface area (Å²) >= 11 is 5.88. The number of H-pyrrole nitrogens is 1. The molecular weight excluding hydrogens is 264 g/mol. The van der Waals surface area contributed by atoms with Gasteiger partial charge in [0, 0.05) is 19.1 Å². The van der Waals surface area contributed by atoms with Crippen molar-refractivity contribution in [2.45, 2.75) is 44.6 Å². The fourth-order valence-corrected chi connectivity index (χ4v) is 2.62. The first-order valence-electron chi connectivity index (χ1n) is 6.98. The minimum absolute atomic E-state index is 0.171. The Labute approximate surface area is 118 Å². The van der Waals surface area contributed by atoms with Gasteiger partial charge in [0.1, 0.15) is 5.02 Å². The Kier molecular flexibility index (Phi) is 5.66. The van der Waals surface area contributed by atoms with Gasteiger partial charge in [-0.1, -0.05) is 37.3 Å². The third kappa shape index (κ3) is 4.51. The first-order chi connectivity index (χ1) is 9.27. The average molecular weight is 285 g/mol. The number of aromatic nitrogens is 2. The van der Waals surface area contributed by atoms with E-state index in [1.165, 1.54) is 44.7 Å². The second-order valence-electron chi connectivity index (χ2n) is 5.00. The Morgan fingerprint density at radius 1 is 1.26 bits per heavy atom. The van der Waals surface area contributed by atoms with E-state index in [1.807, 2.05) is 0 Å². The summed E-state index contributed by atoms with van der Waals surface area (Å²) in [4.78, 5) is 11.3. The summed E-state index contributed by atoms with van der Waals surface area (Å²) in [7, 11) is 0. The summed E-state index contributed by atoms with van der Waals surface area (Å²) in [5, 5.41) is 12.9. The number of nitrogens with one attached hydrogen (secondary N) is 3. The van der Waals surface area contributed by atoms with Crippen molar-refractivity contribution in [3.8, 4) is 0 Å². The maximum Gasteiger partial charge on any atom is 0.285 e. The Morgan fingerprint density at radius 2 is 2.00 bits per heavy atom. The summed E-state index contributed by atoms with van der Waals surface area (Å²) < 4.78 is 0. The quantitative estimate of drug-likeness (QED) is 0.572. The van der Waals surface area contributed by atoms with Crippen LogP contribution in [0.25, 0.3) is 0 Å². The first kappa shape index (κ1) is 14.3. The number of hydrogen-bond acceptors (Lipinski definition) is 4. The van der Waals surface area contributed by atoms with Gasteiger partial charge in [-0.05, 0) is 12.8 Å². The molecule has 1 aromatic rings. The molecule has 0 amide bonds. The van der Waals surface area contributed by atoms with Gasteiger partial charge in [-0.15, -0.1) is 0 Å². The van der Waals surface area contributed by atoms with Crippen LogP contribution in [0.4, 0.5) is 5.69 Å². The Balaban J connectivity index is 1.71. The topological polar surface area (TPSA) is 69.8 Å². The highest BCUT2D eigenvalue weighted by atomic mass is 35.5. The van der Waals surface area contributed by atoms with Gasteiger partial charge in [0.2, 0.25) is 0 Å². The molecule has 1 fully saturated rings. The molecule has 2 rings (SSSR count). The zero-order chi connectivity index (χ0) is 13.5. The summed E-state index contributed by atoms with van der Waals surface area (Å²) in [5.41, 5.74) is 0.233. The number of halogens is 1. The fourth-order valence-electron chi connectivity index (χ4n) is 2.46. The molecule has 0 spiro atoms. The molecular formula is C13H21ClN4O. The fraction of sp³-hybridized carbons (Fsp3) is 0.692. The van der Waals surface area contributed by atoms with E-state index < -0.39 is 0 Å². The second kappa shape index (κ2) is 7.50. The maximum absolute atomic E-state index is 11.3. The molecule has 0 aliphatic heterocycles. The molecule has 6 heteroatoms. The van der Waals surface area contributed by atoms with Gasteiger partial charge in [-0.2, -0.15) is 5.10 Å². The van der Waals surface area contributed by atoms with Crippen LogP contribution < -0.4 is 16.2 Å². The van der Waals surface area contributed by atoms with Gasteiger partial charge < -0.3 is 10.6 Å². The molecule has 0 radical (unpaired) electrons. The van der Waals surface area contributed by atoms with Crippen molar-refractivity contribution in [1.29, 1.82) is 0 Å². The lowest BCUT2D eigenvalue weighted by atomic mass is 10.1. The standard InChI is InChI=1S/C13H21ClN4O/c14-12-11(9-17-18-13(12)19)16-8-7-15-10-5-3-1-2-4-6-10/h9-10,15H,1-8H2,(H2,16,18,19). The van der Waals surface area contributed by atoms with E-state index in [2.05, 4.69) is 20.8 Å². The van der Waals surface area contributed by atoms with E-state index >= 15 is 0 Å². The molecule has 3 N–H and O–H groups in total. The molecule has 1 heterocycles. The molecule has 0 atom stereocenters. The van der Waals surface area contributed by atoms with Crippen LogP contribution in [0.15, 0.2) is 11.0 Å². The van der Waals surface area contributed by atoms with Crippen LogP contribution in [0.2, 0.25) is 5.02 Å². The molecule has 1 aliphatic rings. The van der Waals surface area contributed by atoms with Gasteiger partial charge in [0.15, 0.2) is 0 Å². The average Bonchev–Trinajstić information content (AvgIpc) is 2.68. The van der Waals surface area contributed by atoms with E-state index in [1.54, 1.807) is 0 Å². The molecule has 1 aromatic heterocycles. The molecule has 19 heavy (non-hydrogen) atoms. The molecule has 5 nitrogen and oxygen atoms in total. The Bertz CT molecular complexity index is 441. The highest BCUT2D eigenvalue weighted by Gasteiger charge is 2.11. The molecule has 1 saturated carbocycles. The van der Waals surface area contributed by atoms with Gasteiger partial charge in [0.25, 0.3) is 5.56 Å². The van der Waals surface area contributed by atoms with Crippen molar-refractivity contribution < 1.29 is 0 Å². The molecule has 106 valence electrons. The van der Waals surface area contributed by atoms with Crippen molar-refractivity contribution in [2.75, 3.05) is 18.4 Å². The first-order valence-corrected chi connectivity index (χ1v) is 7.35. The summed E-state index contributed by atoms with van der Waals surface area (Å²) in [5.74, 6) is 0. The molecule has 0 bridgehead atoms. The number of anilines is 1. The third-order valence-electron chi connectivity index (χ3n) is 3.52. The smallest absolute Gasteiger partial charge is 0.285 e. The predicted octanol–water partition coefficient (Wildman–Crippen LogP) is 2.15. The van der Waals surface area contributed by atoms with E-state index in [4.69, 9.17) is 11.6 Å². The zero-order valence-corrected chi connectivity index (χ0v) is 11.8. The predicted molar refractivity (Wildman–Crippen MR) is 77.9 cm³/mol.